The lowest BCUT2D eigenvalue weighted by Crippen LogP contribution is -2.45. The highest BCUT2D eigenvalue weighted by atomic mass is 32.1. The van der Waals surface area contributed by atoms with Crippen LogP contribution in [0, 0.1) is 19.8 Å². The summed E-state index contributed by atoms with van der Waals surface area (Å²) in [4.78, 5) is 37.0. The van der Waals surface area contributed by atoms with Gasteiger partial charge in [0.1, 0.15) is 4.83 Å². The Hall–Kier alpha value is -2.84. The zero-order chi connectivity index (χ0) is 31.2. The van der Waals surface area contributed by atoms with Gasteiger partial charge in [0.05, 0.1) is 11.1 Å². The van der Waals surface area contributed by atoms with Gasteiger partial charge in [-0.3, -0.25) is 4.79 Å². The number of hydrogen-bond acceptors (Lipinski definition) is 4. The topological polar surface area (TPSA) is 80.5 Å². The number of likely N-dealkylation sites (tertiary alicyclic amines) is 1. The summed E-state index contributed by atoms with van der Waals surface area (Å²) in [6, 6.07) is 10.1. The van der Waals surface area contributed by atoms with E-state index in [1.54, 1.807) is 11.3 Å². The van der Waals surface area contributed by atoms with Crippen LogP contribution in [0.25, 0.3) is 21.5 Å². The molecule has 3 N–H and O–H groups in total. The van der Waals surface area contributed by atoms with Gasteiger partial charge in [-0.1, -0.05) is 17.2 Å². The van der Waals surface area contributed by atoms with Crippen molar-refractivity contribution in [3.8, 4) is 11.3 Å². The number of urea groups is 1. The molecule has 3 aliphatic heterocycles. The van der Waals surface area contributed by atoms with E-state index < -0.39 is 5.41 Å². The van der Waals surface area contributed by atoms with Crippen LogP contribution in [-0.4, -0.2) is 71.0 Å². The molecule has 6 rings (SSSR count). The molecule has 0 unspecified atom stereocenters. The number of carbonyl (C=O) groups is 2. The molecular formula is C36H51N5O2S. The van der Waals surface area contributed by atoms with Gasteiger partial charge in [0.2, 0.25) is 5.91 Å². The number of amides is 3. The number of fused-ring (bicyclic) bond motifs is 3. The standard InChI is InChI=1S/C36H51N5O2S/c1-22(2)38-35(43)37-21-25-11-14-40(15-12-25)16-13-29-30-20-31(36(5,6)34(42)41-27-7-8-28(41)10-9-27)44-33(30)39-32(29)26-18-23(3)17-24(4)19-26/h17-20,22,25,27-28,39H,7-16,21H2,1-6H3,(H2,37,38,43). The molecule has 238 valence electrons. The van der Waals surface area contributed by atoms with Crippen LogP contribution >= 0.6 is 11.3 Å². The highest BCUT2D eigenvalue weighted by Crippen LogP contribution is 2.44. The largest absolute Gasteiger partial charge is 0.346 e. The molecule has 0 atom stereocenters. The first-order chi connectivity index (χ1) is 21.0. The number of H-pyrrole nitrogens is 1. The Balaban J connectivity index is 1.20. The first-order valence-corrected chi connectivity index (χ1v) is 17.6. The summed E-state index contributed by atoms with van der Waals surface area (Å²) >= 11 is 1.77. The van der Waals surface area contributed by atoms with Gasteiger partial charge in [0.25, 0.3) is 0 Å². The average molecular weight is 618 g/mol. The minimum atomic E-state index is -0.533. The fourth-order valence-electron chi connectivity index (χ4n) is 7.87. The first-order valence-electron chi connectivity index (χ1n) is 16.8. The number of carbonyl (C=O) groups excluding carboxylic acids is 2. The lowest BCUT2D eigenvalue weighted by Gasteiger charge is -2.32. The molecule has 5 heterocycles. The SMILES string of the molecule is Cc1cc(C)cc(-c2[nH]c3sc(C(C)(C)C(=O)N4C5CCC4CC5)cc3c2CCN2CCC(CNC(=O)NC(C)C)CC2)c1. The fourth-order valence-corrected chi connectivity index (χ4v) is 9.06. The van der Waals surface area contributed by atoms with Crippen LogP contribution < -0.4 is 10.6 Å². The molecule has 2 aromatic heterocycles. The Labute approximate surface area is 267 Å². The first kappa shape index (κ1) is 31.2. The predicted molar refractivity (Wildman–Crippen MR) is 182 cm³/mol. The van der Waals surface area contributed by atoms with E-state index in [1.807, 2.05) is 13.8 Å². The van der Waals surface area contributed by atoms with Crippen molar-refractivity contribution < 1.29 is 9.59 Å². The van der Waals surface area contributed by atoms with Gasteiger partial charge in [-0.2, -0.15) is 0 Å². The molecule has 0 saturated carbocycles. The van der Waals surface area contributed by atoms with E-state index >= 15 is 0 Å². The smallest absolute Gasteiger partial charge is 0.314 e. The van der Waals surface area contributed by atoms with E-state index in [0.717, 1.165) is 50.3 Å². The molecule has 8 heteroatoms. The van der Waals surface area contributed by atoms with Crippen molar-refractivity contribution in [3.05, 3.63) is 45.8 Å². The van der Waals surface area contributed by atoms with Crippen molar-refractivity contribution in [2.75, 3.05) is 26.2 Å². The normalized spacial score (nSPS) is 21.1. The van der Waals surface area contributed by atoms with Gasteiger partial charge in [-0.15, -0.1) is 11.3 Å². The van der Waals surface area contributed by atoms with Gasteiger partial charge in [-0.25, -0.2) is 4.79 Å². The molecule has 44 heavy (non-hydrogen) atoms. The maximum Gasteiger partial charge on any atom is 0.314 e. The van der Waals surface area contributed by atoms with Crippen molar-refractivity contribution in [3.63, 3.8) is 0 Å². The van der Waals surface area contributed by atoms with Gasteiger partial charge in [0.15, 0.2) is 0 Å². The summed E-state index contributed by atoms with van der Waals surface area (Å²) in [6.45, 7) is 16.4. The van der Waals surface area contributed by atoms with Crippen molar-refractivity contribution in [1.82, 2.24) is 25.4 Å². The second kappa shape index (κ2) is 12.5. The average Bonchev–Trinajstić information content (AvgIpc) is 3.75. The van der Waals surface area contributed by atoms with Crippen LogP contribution in [0.3, 0.4) is 0 Å². The van der Waals surface area contributed by atoms with Crippen molar-refractivity contribution in [1.29, 1.82) is 0 Å². The molecule has 2 bridgehead atoms. The van der Waals surface area contributed by atoms with Gasteiger partial charge in [-0.05, 0) is 135 Å². The second-order valence-electron chi connectivity index (χ2n) is 14.6. The lowest BCUT2D eigenvalue weighted by atomic mass is 9.88. The molecule has 3 amide bonds. The molecule has 0 aliphatic carbocycles. The quantitative estimate of drug-likeness (QED) is 0.244. The summed E-state index contributed by atoms with van der Waals surface area (Å²) in [5.41, 5.74) is 5.85. The number of nitrogens with zero attached hydrogens (tertiary/aromatic N) is 2. The minimum absolute atomic E-state index is 0.0642. The molecule has 3 saturated heterocycles. The van der Waals surface area contributed by atoms with E-state index in [4.69, 9.17) is 0 Å². The molecule has 1 aromatic carbocycles. The van der Waals surface area contributed by atoms with Crippen LogP contribution in [0.4, 0.5) is 4.79 Å². The highest BCUT2D eigenvalue weighted by molar-refractivity contribution is 7.19. The predicted octanol–water partition coefficient (Wildman–Crippen LogP) is 6.91. The van der Waals surface area contributed by atoms with E-state index in [2.05, 4.69) is 77.4 Å². The van der Waals surface area contributed by atoms with Crippen molar-refractivity contribution >= 4 is 33.5 Å². The Kier molecular flexibility index (Phi) is 8.86. The monoisotopic (exact) mass is 617 g/mol. The van der Waals surface area contributed by atoms with Crippen LogP contribution in [-0.2, 0) is 16.6 Å². The summed E-state index contributed by atoms with van der Waals surface area (Å²) in [5.74, 6) is 0.834. The Morgan fingerprint density at radius 3 is 2.23 bits per heavy atom. The number of piperidine rings is 1. The van der Waals surface area contributed by atoms with Crippen LogP contribution in [0.1, 0.15) is 87.8 Å². The molecule has 0 spiro atoms. The van der Waals surface area contributed by atoms with Gasteiger partial charge < -0.3 is 25.4 Å². The number of rotatable bonds is 9. The van der Waals surface area contributed by atoms with Crippen LogP contribution in [0.2, 0.25) is 0 Å². The number of thiophene rings is 1. The molecular weight excluding hydrogens is 566 g/mol. The van der Waals surface area contributed by atoms with E-state index in [0.29, 0.717) is 23.9 Å². The third kappa shape index (κ3) is 6.30. The molecule has 7 nitrogen and oxygen atoms in total. The van der Waals surface area contributed by atoms with Crippen molar-refractivity contribution in [2.45, 2.75) is 110 Å². The minimum Gasteiger partial charge on any atom is -0.346 e. The Bertz CT molecular complexity index is 1470. The maximum absolute atomic E-state index is 14.0. The molecule has 0 radical (unpaired) electrons. The fraction of sp³-hybridized carbons (Fsp3) is 0.611. The number of aromatic amines is 1. The van der Waals surface area contributed by atoms with Crippen LogP contribution in [0.5, 0.6) is 0 Å². The van der Waals surface area contributed by atoms with E-state index in [9.17, 15) is 9.59 Å². The second-order valence-corrected chi connectivity index (χ2v) is 15.6. The summed E-state index contributed by atoms with van der Waals surface area (Å²) in [7, 11) is 0. The Morgan fingerprint density at radius 1 is 0.977 bits per heavy atom. The third-order valence-electron chi connectivity index (χ3n) is 10.3. The molecule has 3 fully saturated rings. The number of aromatic nitrogens is 1. The van der Waals surface area contributed by atoms with Crippen molar-refractivity contribution in [2.24, 2.45) is 5.92 Å². The molecule has 3 aromatic rings. The zero-order valence-corrected chi connectivity index (χ0v) is 28.3. The third-order valence-corrected chi connectivity index (χ3v) is 11.7. The summed E-state index contributed by atoms with van der Waals surface area (Å²) in [5, 5.41) is 7.26. The Morgan fingerprint density at radius 2 is 1.61 bits per heavy atom. The number of hydrogen-bond donors (Lipinski definition) is 3. The number of nitrogens with one attached hydrogen (secondary N) is 3. The number of aryl methyl sites for hydroxylation is 2. The van der Waals surface area contributed by atoms with E-state index in [1.165, 1.54) is 63.8 Å². The lowest BCUT2D eigenvalue weighted by molar-refractivity contribution is -0.137. The van der Waals surface area contributed by atoms with Gasteiger partial charge >= 0.3 is 6.03 Å². The number of benzene rings is 1. The zero-order valence-electron chi connectivity index (χ0n) is 27.5. The highest BCUT2D eigenvalue weighted by Gasteiger charge is 2.47. The molecule has 3 aliphatic rings. The summed E-state index contributed by atoms with van der Waals surface area (Å²) < 4.78 is 0. The van der Waals surface area contributed by atoms with Gasteiger partial charge in [0, 0.05) is 41.5 Å². The van der Waals surface area contributed by atoms with Crippen LogP contribution in [0.15, 0.2) is 24.3 Å². The maximum atomic E-state index is 14.0. The van der Waals surface area contributed by atoms with E-state index in [-0.39, 0.29) is 12.1 Å². The summed E-state index contributed by atoms with van der Waals surface area (Å²) in [6.07, 6.45) is 7.84.